The number of nitrogens with zero attached hydrogens (tertiary/aromatic N) is 2. The van der Waals surface area contributed by atoms with Crippen LogP contribution < -0.4 is 0 Å². The Bertz CT molecular complexity index is 418. The zero-order valence-electron chi connectivity index (χ0n) is 11.0. The quantitative estimate of drug-likeness (QED) is 0.781. The Morgan fingerprint density at radius 3 is 2.28 bits per heavy atom. The number of rotatable bonds is 3. The van der Waals surface area contributed by atoms with E-state index in [-0.39, 0.29) is 0 Å². The van der Waals surface area contributed by atoms with Crippen molar-refractivity contribution in [1.82, 2.24) is 9.78 Å². The fourth-order valence-electron chi connectivity index (χ4n) is 1.83. The Morgan fingerprint density at radius 2 is 1.83 bits per heavy atom. The lowest BCUT2D eigenvalue weighted by Gasteiger charge is -2.32. The van der Waals surface area contributed by atoms with Crippen LogP contribution in [0.1, 0.15) is 39.8 Å². The molecule has 0 atom stereocenters. The van der Waals surface area contributed by atoms with Crippen LogP contribution >= 0.6 is 0 Å². The molecule has 0 bridgehead atoms. The van der Waals surface area contributed by atoms with E-state index in [4.69, 9.17) is 9.31 Å². The van der Waals surface area contributed by atoms with E-state index in [2.05, 4.69) is 5.10 Å². The van der Waals surface area contributed by atoms with Crippen LogP contribution in [-0.2, 0) is 15.6 Å². The minimum Gasteiger partial charge on any atom is -0.403 e. The van der Waals surface area contributed by atoms with Gasteiger partial charge in [-0.2, -0.15) is 13.9 Å². The van der Waals surface area contributed by atoms with Crippen molar-refractivity contribution in [3.05, 3.63) is 18.0 Å². The molecule has 0 amide bonds. The van der Waals surface area contributed by atoms with Gasteiger partial charge in [0.15, 0.2) is 0 Å². The van der Waals surface area contributed by atoms with Crippen LogP contribution in [0, 0.1) is 0 Å². The molecule has 1 aliphatic heterocycles. The van der Waals surface area contributed by atoms with Gasteiger partial charge in [-0.05, 0) is 33.3 Å². The molecule has 1 aliphatic rings. The van der Waals surface area contributed by atoms with Crippen molar-refractivity contribution in [2.75, 3.05) is 0 Å². The van der Waals surface area contributed by atoms with E-state index < -0.39 is 24.9 Å². The van der Waals surface area contributed by atoms with Crippen LogP contribution in [0.15, 0.2) is 12.4 Å². The number of aromatic nitrogens is 2. The highest BCUT2D eigenvalue weighted by atomic mass is 19.3. The molecule has 2 heterocycles. The highest BCUT2D eigenvalue weighted by Crippen LogP contribution is 2.37. The van der Waals surface area contributed by atoms with Crippen LogP contribution in [0.4, 0.5) is 8.78 Å². The van der Waals surface area contributed by atoms with Gasteiger partial charge in [0.2, 0.25) is 0 Å². The van der Waals surface area contributed by atoms with Crippen molar-refractivity contribution in [2.24, 2.45) is 0 Å². The summed E-state index contributed by atoms with van der Waals surface area (Å²) < 4.78 is 37.0. The molecule has 18 heavy (non-hydrogen) atoms. The number of hydrogen-bond donors (Lipinski definition) is 0. The largest absolute Gasteiger partial charge is 0.462 e. The second kappa shape index (κ2) is 4.31. The molecule has 1 saturated heterocycles. The molecule has 1 fully saturated rings. The molecule has 0 spiro atoms. The van der Waals surface area contributed by atoms with Crippen LogP contribution in [0.2, 0.25) is 0 Å². The Kier molecular flexibility index (Phi) is 3.23. The molecular formula is C11H17BF2N2O2. The fourth-order valence-corrected chi connectivity index (χ4v) is 1.83. The van der Waals surface area contributed by atoms with Crippen molar-refractivity contribution in [2.45, 2.75) is 51.8 Å². The maximum atomic E-state index is 12.4. The van der Waals surface area contributed by atoms with Gasteiger partial charge in [-0.1, -0.05) is 0 Å². The van der Waals surface area contributed by atoms with Gasteiger partial charge in [-0.15, -0.1) is 0 Å². The zero-order valence-corrected chi connectivity index (χ0v) is 11.0. The second-order valence-corrected chi connectivity index (χ2v) is 5.50. The summed E-state index contributed by atoms with van der Waals surface area (Å²) in [6.07, 6.45) is 3.15. The first kappa shape index (κ1) is 13.5. The zero-order chi connectivity index (χ0) is 13.6. The standard InChI is InChI=1S/C11H17BF2N2O2/c1-10(2)11(3,4)18-12(17-10)5-8-6-15-16(7-8)9(13)14/h6-7,9H,5H2,1-4H3. The molecular weight excluding hydrogens is 241 g/mol. The topological polar surface area (TPSA) is 36.3 Å². The van der Waals surface area contributed by atoms with E-state index >= 15 is 0 Å². The molecule has 0 N–H and O–H groups in total. The van der Waals surface area contributed by atoms with E-state index in [1.807, 2.05) is 27.7 Å². The maximum Gasteiger partial charge on any atom is 0.462 e. The lowest BCUT2D eigenvalue weighted by atomic mass is 9.82. The first-order chi connectivity index (χ1) is 8.21. The van der Waals surface area contributed by atoms with Gasteiger partial charge >= 0.3 is 13.7 Å². The minimum absolute atomic E-state index is 0.406. The minimum atomic E-state index is -2.61. The van der Waals surface area contributed by atoms with E-state index in [1.54, 1.807) is 0 Å². The third-order valence-electron chi connectivity index (χ3n) is 3.56. The molecule has 0 saturated carbocycles. The smallest absolute Gasteiger partial charge is 0.403 e. The van der Waals surface area contributed by atoms with Crippen molar-refractivity contribution >= 4 is 7.12 Å². The van der Waals surface area contributed by atoms with Crippen molar-refractivity contribution in [1.29, 1.82) is 0 Å². The highest BCUT2D eigenvalue weighted by molar-refractivity contribution is 6.45. The van der Waals surface area contributed by atoms with Gasteiger partial charge in [-0.25, -0.2) is 4.68 Å². The summed E-state index contributed by atoms with van der Waals surface area (Å²) in [5, 5.41) is 3.59. The van der Waals surface area contributed by atoms with E-state index in [0.717, 1.165) is 0 Å². The second-order valence-electron chi connectivity index (χ2n) is 5.50. The SMILES string of the molecule is CC1(C)OB(Cc2cnn(C(F)F)c2)OC1(C)C. The summed E-state index contributed by atoms with van der Waals surface area (Å²) in [6.45, 7) is 5.20. The van der Waals surface area contributed by atoms with E-state index in [0.29, 0.717) is 16.6 Å². The summed E-state index contributed by atoms with van der Waals surface area (Å²) in [6, 6.07) is 0. The molecule has 0 radical (unpaired) electrons. The molecule has 1 aromatic rings. The fraction of sp³-hybridized carbons (Fsp3) is 0.727. The van der Waals surface area contributed by atoms with Crippen molar-refractivity contribution in [3.8, 4) is 0 Å². The Hall–Kier alpha value is -0.945. The Morgan fingerprint density at radius 1 is 1.28 bits per heavy atom. The summed E-state index contributed by atoms with van der Waals surface area (Å²) in [5.41, 5.74) is -0.138. The molecule has 0 unspecified atom stereocenters. The summed E-state index contributed by atoms with van der Waals surface area (Å²) in [7, 11) is -0.426. The first-order valence-corrected chi connectivity index (χ1v) is 5.88. The van der Waals surface area contributed by atoms with Crippen LogP contribution in [-0.4, -0.2) is 28.1 Å². The lowest BCUT2D eigenvalue weighted by molar-refractivity contribution is 0.00578. The van der Waals surface area contributed by atoms with Crippen molar-refractivity contribution in [3.63, 3.8) is 0 Å². The monoisotopic (exact) mass is 258 g/mol. The van der Waals surface area contributed by atoms with Crippen molar-refractivity contribution < 1.29 is 18.1 Å². The molecule has 0 aromatic carbocycles. The first-order valence-electron chi connectivity index (χ1n) is 5.88. The molecule has 4 nitrogen and oxygen atoms in total. The number of halogens is 2. The average molecular weight is 258 g/mol. The van der Waals surface area contributed by atoms with Gasteiger partial charge in [-0.3, -0.25) is 0 Å². The highest BCUT2D eigenvalue weighted by Gasteiger charge is 2.50. The Balaban J connectivity index is 2.03. The average Bonchev–Trinajstić information content (AvgIpc) is 2.70. The van der Waals surface area contributed by atoms with Gasteiger partial charge in [0.05, 0.1) is 17.4 Å². The van der Waals surface area contributed by atoms with Gasteiger partial charge in [0.1, 0.15) is 0 Å². The normalized spacial score (nSPS) is 21.8. The number of alkyl halides is 2. The van der Waals surface area contributed by atoms with E-state index in [9.17, 15) is 8.78 Å². The Labute approximate surface area is 105 Å². The van der Waals surface area contributed by atoms with E-state index in [1.165, 1.54) is 12.4 Å². The van der Waals surface area contributed by atoms with Crippen LogP contribution in [0.3, 0.4) is 0 Å². The van der Waals surface area contributed by atoms with Gasteiger partial charge in [0.25, 0.3) is 0 Å². The maximum absolute atomic E-state index is 12.4. The predicted molar refractivity (Wildman–Crippen MR) is 63.3 cm³/mol. The summed E-state index contributed by atoms with van der Waals surface area (Å²) >= 11 is 0. The van der Waals surface area contributed by atoms with Crippen LogP contribution in [0.25, 0.3) is 0 Å². The molecule has 7 heteroatoms. The predicted octanol–water partition coefficient (Wildman–Crippen LogP) is 2.45. The summed E-state index contributed by atoms with van der Waals surface area (Å²) in [5.74, 6) is 0. The lowest BCUT2D eigenvalue weighted by Crippen LogP contribution is -2.41. The third-order valence-corrected chi connectivity index (χ3v) is 3.56. The summed E-state index contributed by atoms with van der Waals surface area (Å²) in [4.78, 5) is 0. The number of hydrogen-bond acceptors (Lipinski definition) is 3. The molecule has 100 valence electrons. The molecule has 0 aliphatic carbocycles. The third kappa shape index (κ3) is 2.42. The van der Waals surface area contributed by atoms with Crippen LogP contribution in [0.5, 0.6) is 0 Å². The van der Waals surface area contributed by atoms with Gasteiger partial charge < -0.3 is 9.31 Å². The van der Waals surface area contributed by atoms with Gasteiger partial charge in [0, 0.05) is 12.5 Å². The molecule has 2 rings (SSSR count). The molecule has 1 aromatic heterocycles.